The van der Waals surface area contributed by atoms with Crippen LogP contribution in [-0.2, 0) is 20.7 Å². The van der Waals surface area contributed by atoms with E-state index in [1.54, 1.807) is 18.2 Å². The van der Waals surface area contributed by atoms with Crippen molar-refractivity contribution in [3.8, 4) is 17.2 Å². The Hall–Kier alpha value is -3.29. The second-order valence-electron chi connectivity index (χ2n) is 5.40. The lowest BCUT2D eigenvalue weighted by Gasteiger charge is -2.14. The molecule has 27 heavy (non-hydrogen) atoms. The molecule has 0 bridgehead atoms. The molecule has 2 aromatic rings. The molecule has 0 aromatic heterocycles. The SMILES string of the molecule is COc1cc(CC(=O)OCC(=O)Nc2ccccc2F)cc(OC)c1OC. The molecule has 0 saturated carbocycles. The lowest BCUT2D eigenvalue weighted by molar-refractivity contribution is -0.146. The molecule has 0 fully saturated rings. The summed E-state index contributed by atoms with van der Waals surface area (Å²) >= 11 is 0. The van der Waals surface area contributed by atoms with Crippen LogP contribution in [0.1, 0.15) is 5.56 Å². The van der Waals surface area contributed by atoms with Crippen molar-refractivity contribution in [1.29, 1.82) is 0 Å². The summed E-state index contributed by atoms with van der Waals surface area (Å²) in [6, 6.07) is 8.93. The number of nitrogens with one attached hydrogen (secondary N) is 1. The maximum atomic E-state index is 13.5. The molecule has 144 valence electrons. The molecule has 1 N–H and O–H groups in total. The Morgan fingerprint density at radius 2 is 1.63 bits per heavy atom. The highest BCUT2D eigenvalue weighted by atomic mass is 19.1. The minimum atomic E-state index is -0.640. The molecule has 0 aliphatic heterocycles. The first kappa shape index (κ1) is 20.0. The van der Waals surface area contributed by atoms with Crippen LogP contribution in [0.5, 0.6) is 17.2 Å². The lowest BCUT2D eigenvalue weighted by Crippen LogP contribution is -2.22. The van der Waals surface area contributed by atoms with Crippen LogP contribution in [0.2, 0.25) is 0 Å². The van der Waals surface area contributed by atoms with Crippen molar-refractivity contribution in [3.05, 3.63) is 47.8 Å². The molecular formula is C19H20FNO6. The summed E-state index contributed by atoms with van der Waals surface area (Å²) in [7, 11) is 4.40. The van der Waals surface area contributed by atoms with Gasteiger partial charge in [0.15, 0.2) is 18.1 Å². The number of esters is 1. The highest BCUT2D eigenvalue weighted by Gasteiger charge is 2.16. The molecule has 0 unspecified atom stereocenters. The smallest absolute Gasteiger partial charge is 0.310 e. The summed E-state index contributed by atoms with van der Waals surface area (Å²) < 4.78 is 34.1. The number of methoxy groups -OCH3 is 3. The highest BCUT2D eigenvalue weighted by molar-refractivity contribution is 5.93. The Morgan fingerprint density at radius 1 is 1.00 bits per heavy atom. The Kier molecular flexibility index (Phi) is 6.99. The molecule has 0 radical (unpaired) electrons. The van der Waals surface area contributed by atoms with Crippen LogP contribution in [0.3, 0.4) is 0 Å². The lowest BCUT2D eigenvalue weighted by atomic mass is 10.1. The van der Waals surface area contributed by atoms with Crippen molar-refractivity contribution in [2.45, 2.75) is 6.42 Å². The van der Waals surface area contributed by atoms with E-state index in [-0.39, 0.29) is 12.1 Å². The predicted octanol–water partition coefficient (Wildman–Crippen LogP) is 2.58. The van der Waals surface area contributed by atoms with E-state index < -0.39 is 24.3 Å². The largest absolute Gasteiger partial charge is 0.493 e. The van der Waals surface area contributed by atoms with E-state index in [9.17, 15) is 14.0 Å². The number of hydrogen-bond acceptors (Lipinski definition) is 6. The number of anilines is 1. The normalized spacial score (nSPS) is 10.1. The molecule has 2 aromatic carbocycles. The number of rotatable bonds is 8. The average molecular weight is 377 g/mol. The van der Waals surface area contributed by atoms with Crippen LogP contribution in [0.15, 0.2) is 36.4 Å². The van der Waals surface area contributed by atoms with Crippen LogP contribution < -0.4 is 19.5 Å². The van der Waals surface area contributed by atoms with Crippen molar-refractivity contribution in [2.75, 3.05) is 33.3 Å². The standard InChI is InChI=1S/C19H20FNO6/c1-24-15-8-12(9-16(25-2)19(15)26-3)10-18(23)27-11-17(22)21-14-7-5-4-6-13(14)20/h4-9H,10-11H2,1-3H3,(H,21,22). The second-order valence-corrected chi connectivity index (χ2v) is 5.40. The highest BCUT2D eigenvalue weighted by Crippen LogP contribution is 2.38. The number of hydrogen-bond donors (Lipinski definition) is 1. The van der Waals surface area contributed by atoms with E-state index in [1.807, 2.05) is 0 Å². The molecule has 7 nitrogen and oxygen atoms in total. The van der Waals surface area contributed by atoms with Crippen molar-refractivity contribution < 1.29 is 32.9 Å². The number of amides is 1. The Balaban J connectivity index is 1.95. The Morgan fingerprint density at radius 3 is 2.19 bits per heavy atom. The third-order valence-electron chi connectivity index (χ3n) is 3.59. The molecule has 0 atom stereocenters. The maximum Gasteiger partial charge on any atom is 0.310 e. The summed E-state index contributed by atoms with van der Waals surface area (Å²) in [6.07, 6.45) is -0.107. The molecule has 0 heterocycles. The fourth-order valence-corrected chi connectivity index (χ4v) is 2.35. The van der Waals surface area contributed by atoms with Gasteiger partial charge < -0.3 is 24.3 Å². The zero-order chi connectivity index (χ0) is 19.8. The van der Waals surface area contributed by atoms with Gasteiger partial charge in [0.2, 0.25) is 5.75 Å². The van der Waals surface area contributed by atoms with E-state index in [1.165, 1.54) is 39.5 Å². The molecule has 0 saturated heterocycles. The van der Waals surface area contributed by atoms with Gasteiger partial charge in [0.05, 0.1) is 33.4 Å². The van der Waals surface area contributed by atoms with Crippen LogP contribution in [-0.4, -0.2) is 39.8 Å². The minimum absolute atomic E-state index is 0.0168. The fourth-order valence-electron chi connectivity index (χ4n) is 2.35. The van der Waals surface area contributed by atoms with Gasteiger partial charge in [0, 0.05) is 0 Å². The minimum Gasteiger partial charge on any atom is -0.493 e. The van der Waals surface area contributed by atoms with Gasteiger partial charge in [-0.1, -0.05) is 12.1 Å². The van der Waals surface area contributed by atoms with Gasteiger partial charge in [-0.05, 0) is 29.8 Å². The van der Waals surface area contributed by atoms with Crippen LogP contribution >= 0.6 is 0 Å². The van der Waals surface area contributed by atoms with Gasteiger partial charge in [-0.2, -0.15) is 0 Å². The van der Waals surface area contributed by atoms with Gasteiger partial charge >= 0.3 is 5.97 Å². The molecular weight excluding hydrogens is 357 g/mol. The molecule has 8 heteroatoms. The summed E-state index contributed by atoms with van der Waals surface area (Å²) in [5, 5.41) is 2.33. The van der Waals surface area contributed by atoms with Crippen LogP contribution in [0, 0.1) is 5.82 Å². The molecule has 1 amide bonds. The number of para-hydroxylation sites is 1. The molecule has 2 rings (SSSR count). The van der Waals surface area contributed by atoms with Crippen molar-refractivity contribution in [3.63, 3.8) is 0 Å². The van der Waals surface area contributed by atoms with E-state index in [4.69, 9.17) is 18.9 Å². The Bertz CT molecular complexity index is 799. The average Bonchev–Trinajstić information content (AvgIpc) is 2.67. The van der Waals surface area contributed by atoms with E-state index >= 15 is 0 Å². The maximum absolute atomic E-state index is 13.5. The van der Waals surface area contributed by atoms with Crippen molar-refractivity contribution in [2.24, 2.45) is 0 Å². The first-order chi connectivity index (χ1) is 13.0. The van der Waals surface area contributed by atoms with Gasteiger partial charge in [-0.3, -0.25) is 9.59 Å². The fraction of sp³-hybridized carbons (Fsp3) is 0.263. The van der Waals surface area contributed by atoms with Crippen LogP contribution in [0.25, 0.3) is 0 Å². The monoisotopic (exact) mass is 377 g/mol. The summed E-state index contributed by atoms with van der Waals surface area (Å²) in [5.41, 5.74) is 0.576. The predicted molar refractivity (Wildman–Crippen MR) is 95.8 cm³/mol. The van der Waals surface area contributed by atoms with E-state index in [2.05, 4.69) is 5.32 Å². The topological polar surface area (TPSA) is 83.1 Å². The quantitative estimate of drug-likeness (QED) is 0.712. The number of ether oxygens (including phenoxy) is 4. The molecule has 0 aliphatic rings. The number of halogens is 1. The zero-order valence-electron chi connectivity index (χ0n) is 15.2. The molecule has 0 aliphatic carbocycles. The second kappa shape index (κ2) is 9.42. The third kappa shape index (κ3) is 5.34. The number of carbonyl (C=O) groups excluding carboxylic acids is 2. The van der Waals surface area contributed by atoms with E-state index in [0.717, 1.165) is 0 Å². The third-order valence-corrected chi connectivity index (χ3v) is 3.59. The number of carbonyl (C=O) groups is 2. The molecule has 0 spiro atoms. The van der Waals surface area contributed by atoms with Gasteiger partial charge in [-0.15, -0.1) is 0 Å². The number of benzene rings is 2. The summed E-state index contributed by atoms with van der Waals surface area (Å²) in [6.45, 7) is -0.530. The Labute approximate surface area is 156 Å². The van der Waals surface area contributed by atoms with E-state index in [0.29, 0.717) is 22.8 Å². The summed E-state index contributed by atoms with van der Waals surface area (Å²) in [4.78, 5) is 23.8. The van der Waals surface area contributed by atoms with Crippen molar-refractivity contribution in [1.82, 2.24) is 0 Å². The van der Waals surface area contributed by atoms with Gasteiger partial charge in [0.25, 0.3) is 5.91 Å². The first-order valence-corrected chi connectivity index (χ1v) is 7.97. The van der Waals surface area contributed by atoms with Crippen molar-refractivity contribution >= 4 is 17.6 Å². The first-order valence-electron chi connectivity index (χ1n) is 7.97. The van der Waals surface area contributed by atoms with Crippen LogP contribution in [0.4, 0.5) is 10.1 Å². The summed E-state index contributed by atoms with van der Waals surface area (Å²) in [5.74, 6) is -0.642. The van der Waals surface area contributed by atoms with Gasteiger partial charge in [-0.25, -0.2) is 4.39 Å². The van der Waals surface area contributed by atoms with Gasteiger partial charge in [0.1, 0.15) is 5.82 Å². The zero-order valence-corrected chi connectivity index (χ0v) is 15.2.